The van der Waals surface area contributed by atoms with Crippen molar-refractivity contribution >= 4 is 29.2 Å². The Kier molecular flexibility index (Phi) is 3.33. The molecule has 6 heteroatoms. The molecule has 1 saturated heterocycles. The number of fused-ring (bicyclic) bond motifs is 1. The fourth-order valence-electron chi connectivity index (χ4n) is 2.36. The minimum atomic E-state index is -0.925. The highest BCUT2D eigenvalue weighted by Crippen LogP contribution is 2.24. The molecule has 5 nitrogen and oxygen atoms in total. The van der Waals surface area contributed by atoms with E-state index in [0.29, 0.717) is 11.5 Å². The average Bonchev–Trinajstić information content (AvgIpc) is 2.59. The summed E-state index contributed by atoms with van der Waals surface area (Å²) in [6.07, 6.45) is 2.82. The maximum Gasteiger partial charge on any atom is 0.356 e. The molecule has 0 unspecified atom stereocenters. The summed E-state index contributed by atoms with van der Waals surface area (Å²) >= 11 is 1.91. The molecule has 3 heterocycles. The quantitative estimate of drug-likeness (QED) is 0.909. The largest absolute Gasteiger partial charge is 0.476 e. The number of hydrogen-bond acceptors (Lipinski definition) is 4. The monoisotopic (exact) mass is 277 g/mol. The number of rotatable bonds is 2. The Morgan fingerprint density at radius 3 is 3.05 bits per heavy atom. The van der Waals surface area contributed by atoms with E-state index in [1.54, 1.807) is 10.6 Å². The van der Waals surface area contributed by atoms with Gasteiger partial charge in [0.1, 0.15) is 5.65 Å². The van der Waals surface area contributed by atoms with Gasteiger partial charge in [-0.2, -0.15) is 11.8 Å². The number of aromatic nitrogens is 2. The van der Waals surface area contributed by atoms with E-state index in [4.69, 9.17) is 0 Å². The highest BCUT2D eigenvalue weighted by Gasteiger charge is 2.23. The van der Waals surface area contributed by atoms with Crippen LogP contribution in [0.15, 0.2) is 24.4 Å². The molecule has 2 aromatic rings. The highest BCUT2D eigenvalue weighted by molar-refractivity contribution is 7.99. The molecule has 0 radical (unpaired) electrons. The van der Waals surface area contributed by atoms with Crippen molar-refractivity contribution in [1.29, 1.82) is 0 Å². The summed E-state index contributed by atoms with van der Waals surface area (Å²) in [5, 5.41) is 9.46. The lowest BCUT2D eigenvalue weighted by Crippen LogP contribution is -2.27. The lowest BCUT2D eigenvalue weighted by Gasteiger charge is -2.19. The van der Waals surface area contributed by atoms with Crippen molar-refractivity contribution in [1.82, 2.24) is 9.38 Å². The van der Waals surface area contributed by atoms with Crippen LogP contribution in [-0.4, -0.2) is 45.1 Å². The summed E-state index contributed by atoms with van der Waals surface area (Å²) in [5.74, 6) is 1.82. The van der Waals surface area contributed by atoms with E-state index < -0.39 is 5.97 Å². The van der Waals surface area contributed by atoms with Gasteiger partial charge in [-0.25, -0.2) is 9.78 Å². The van der Waals surface area contributed by atoms with Crippen LogP contribution >= 0.6 is 11.8 Å². The zero-order valence-electron chi connectivity index (χ0n) is 10.5. The molecule has 0 saturated carbocycles. The minimum Gasteiger partial charge on any atom is -0.476 e. The Bertz CT molecular complexity index is 603. The van der Waals surface area contributed by atoms with Gasteiger partial charge in [-0.3, -0.25) is 4.40 Å². The normalized spacial score (nSPS) is 16.5. The van der Waals surface area contributed by atoms with Crippen LogP contribution in [0.4, 0.5) is 5.82 Å². The van der Waals surface area contributed by atoms with Gasteiger partial charge < -0.3 is 10.0 Å². The number of hydrogen-bond donors (Lipinski definition) is 1. The molecule has 0 aromatic carbocycles. The smallest absolute Gasteiger partial charge is 0.356 e. The molecule has 1 N–H and O–H groups in total. The van der Waals surface area contributed by atoms with E-state index in [2.05, 4.69) is 9.88 Å². The minimum absolute atomic E-state index is 0.266. The van der Waals surface area contributed by atoms with Gasteiger partial charge in [0, 0.05) is 25.0 Å². The average molecular weight is 277 g/mol. The molecule has 1 fully saturated rings. The molecule has 1 aliphatic heterocycles. The Balaban J connectivity index is 2.10. The third kappa shape index (κ3) is 2.28. The summed E-state index contributed by atoms with van der Waals surface area (Å²) in [5.41, 5.74) is 0.953. The summed E-state index contributed by atoms with van der Waals surface area (Å²) in [7, 11) is 0. The van der Waals surface area contributed by atoms with Crippen LogP contribution in [0.2, 0.25) is 0 Å². The lowest BCUT2D eigenvalue weighted by molar-refractivity contribution is 0.0690. The van der Waals surface area contributed by atoms with Crippen LogP contribution in [0.3, 0.4) is 0 Å². The van der Waals surface area contributed by atoms with E-state index in [1.807, 2.05) is 30.0 Å². The first-order valence-electron chi connectivity index (χ1n) is 6.30. The van der Waals surface area contributed by atoms with Gasteiger partial charge in [0.15, 0.2) is 11.5 Å². The van der Waals surface area contributed by atoms with E-state index in [1.165, 1.54) is 0 Å². The molecule has 19 heavy (non-hydrogen) atoms. The second-order valence-electron chi connectivity index (χ2n) is 4.47. The van der Waals surface area contributed by atoms with Crippen LogP contribution in [0, 0.1) is 0 Å². The Labute approximate surface area is 115 Å². The molecule has 2 aromatic heterocycles. The van der Waals surface area contributed by atoms with Gasteiger partial charge in [0.25, 0.3) is 0 Å². The van der Waals surface area contributed by atoms with Gasteiger partial charge in [0.2, 0.25) is 0 Å². The van der Waals surface area contributed by atoms with Crippen molar-refractivity contribution in [2.24, 2.45) is 0 Å². The van der Waals surface area contributed by atoms with Gasteiger partial charge >= 0.3 is 5.97 Å². The fraction of sp³-hybridized carbons (Fsp3) is 0.385. The Hall–Kier alpha value is -1.69. The maximum atomic E-state index is 11.5. The number of carbonyl (C=O) groups is 1. The first kappa shape index (κ1) is 12.3. The molecule has 0 bridgehead atoms. The molecule has 3 rings (SSSR count). The summed E-state index contributed by atoms with van der Waals surface area (Å²) in [4.78, 5) is 18.1. The first-order valence-corrected chi connectivity index (χ1v) is 7.46. The lowest BCUT2D eigenvalue weighted by atomic mass is 10.3. The predicted molar refractivity (Wildman–Crippen MR) is 76.3 cm³/mol. The zero-order valence-corrected chi connectivity index (χ0v) is 11.3. The van der Waals surface area contributed by atoms with Crippen LogP contribution in [-0.2, 0) is 0 Å². The predicted octanol–water partition coefficient (Wildman–Crippen LogP) is 1.98. The highest BCUT2D eigenvalue weighted by atomic mass is 32.2. The number of carboxylic acids is 1. The van der Waals surface area contributed by atoms with E-state index in [-0.39, 0.29) is 5.69 Å². The third-order valence-corrected chi connectivity index (χ3v) is 4.28. The molecule has 100 valence electrons. The van der Waals surface area contributed by atoms with Crippen molar-refractivity contribution < 1.29 is 9.90 Å². The van der Waals surface area contributed by atoms with Gasteiger partial charge in [-0.05, 0) is 24.3 Å². The van der Waals surface area contributed by atoms with Crippen LogP contribution in [0.1, 0.15) is 16.9 Å². The van der Waals surface area contributed by atoms with E-state index in [0.717, 1.165) is 31.0 Å². The topological polar surface area (TPSA) is 57.8 Å². The van der Waals surface area contributed by atoms with Crippen molar-refractivity contribution in [3.8, 4) is 0 Å². The number of anilines is 1. The van der Waals surface area contributed by atoms with Gasteiger partial charge in [0.05, 0.1) is 0 Å². The van der Waals surface area contributed by atoms with Crippen molar-refractivity contribution in [3.05, 3.63) is 30.1 Å². The number of pyridine rings is 1. The number of carboxylic acid groups (broad SMARTS) is 1. The molecule has 0 aliphatic carbocycles. The summed E-state index contributed by atoms with van der Waals surface area (Å²) in [6.45, 7) is 1.73. The summed E-state index contributed by atoms with van der Waals surface area (Å²) < 4.78 is 1.65. The molecule has 0 amide bonds. The SMILES string of the molecule is O=C(O)c1c(N2CCCSCC2)nc2ccccn12. The third-order valence-electron chi connectivity index (χ3n) is 3.24. The second-order valence-corrected chi connectivity index (χ2v) is 5.70. The standard InChI is InChI=1S/C13H15N3O2S/c17-13(18)11-12(15-5-3-8-19-9-7-15)14-10-4-1-2-6-16(10)11/h1-2,4,6H,3,5,7-9H2,(H,17,18). The molecule has 0 atom stereocenters. The van der Waals surface area contributed by atoms with Crippen LogP contribution in [0.25, 0.3) is 5.65 Å². The Morgan fingerprint density at radius 2 is 2.21 bits per heavy atom. The number of aromatic carboxylic acids is 1. The van der Waals surface area contributed by atoms with Crippen molar-refractivity contribution in [2.75, 3.05) is 29.5 Å². The molecule has 1 aliphatic rings. The first-order chi connectivity index (χ1) is 9.27. The van der Waals surface area contributed by atoms with Crippen molar-refractivity contribution in [3.63, 3.8) is 0 Å². The van der Waals surface area contributed by atoms with E-state index >= 15 is 0 Å². The molecular weight excluding hydrogens is 262 g/mol. The van der Waals surface area contributed by atoms with Crippen LogP contribution in [0.5, 0.6) is 0 Å². The second kappa shape index (κ2) is 5.13. The van der Waals surface area contributed by atoms with Gasteiger partial charge in [-0.15, -0.1) is 0 Å². The maximum absolute atomic E-state index is 11.5. The number of thioether (sulfide) groups is 1. The molecule has 0 spiro atoms. The van der Waals surface area contributed by atoms with Crippen molar-refractivity contribution in [2.45, 2.75) is 6.42 Å². The number of nitrogens with zero attached hydrogens (tertiary/aromatic N) is 3. The fourth-order valence-corrected chi connectivity index (χ4v) is 3.25. The number of imidazole rings is 1. The summed E-state index contributed by atoms with van der Waals surface area (Å²) in [6, 6.07) is 5.53. The van der Waals surface area contributed by atoms with Gasteiger partial charge in [-0.1, -0.05) is 6.07 Å². The Morgan fingerprint density at radius 1 is 1.32 bits per heavy atom. The van der Waals surface area contributed by atoms with Crippen LogP contribution < -0.4 is 4.90 Å². The van der Waals surface area contributed by atoms with E-state index in [9.17, 15) is 9.90 Å². The zero-order chi connectivity index (χ0) is 13.2. The molecular formula is C13H15N3O2S.